The Hall–Kier alpha value is -1.92. The van der Waals surface area contributed by atoms with Crippen LogP contribution in [0.25, 0.3) is 0 Å². The van der Waals surface area contributed by atoms with Gasteiger partial charge in [0.1, 0.15) is 17.7 Å². The molecule has 0 amide bonds. The lowest BCUT2D eigenvalue weighted by atomic mass is 10.2. The SMILES string of the molecule is CCCCc1ncc(CN2CCOC(c3cccc(N(C)C)n3)C2)[nH]1. The molecule has 1 N–H and O–H groups in total. The van der Waals surface area contributed by atoms with Crippen molar-refractivity contribution in [3.8, 4) is 0 Å². The minimum Gasteiger partial charge on any atom is -0.369 e. The first-order chi connectivity index (χ1) is 12.2. The van der Waals surface area contributed by atoms with E-state index >= 15 is 0 Å². The molecule has 1 aliphatic rings. The zero-order valence-corrected chi connectivity index (χ0v) is 15.5. The van der Waals surface area contributed by atoms with E-state index in [9.17, 15) is 0 Å². The molecule has 0 saturated carbocycles. The molecule has 1 aliphatic heterocycles. The summed E-state index contributed by atoms with van der Waals surface area (Å²) in [4.78, 5) is 17.1. The van der Waals surface area contributed by atoms with Crippen molar-refractivity contribution in [3.63, 3.8) is 0 Å². The first-order valence-electron chi connectivity index (χ1n) is 9.16. The third-order valence-corrected chi connectivity index (χ3v) is 4.54. The van der Waals surface area contributed by atoms with Crippen LogP contribution < -0.4 is 4.90 Å². The number of ether oxygens (including phenoxy) is 1. The lowest BCUT2D eigenvalue weighted by Crippen LogP contribution is -2.38. The van der Waals surface area contributed by atoms with Crippen molar-refractivity contribution >= 4 is 5.82 Å². The summed E-state index contributed by atoms with van der Waals surface area (Å²) in [5, 5.41) is 0. The third-order valence-electron chi connectivity index (χ3n) is 4.54. The van der Waals surface area contributed by atoms with Crippen LogP contribution in [0.5, 0.6) is 0 Å². The molecule has 6 nitrogen and oxygen atoms in total. The minimum absolute atomic E-state index is 0.0242. The molecular formula is C19H29N5O. The largest absolute Gasteiger partial charge is 0.369 e. The molecular weight excluding hydrogens is 314 g/mol. The Morgan fingerprint density at radius 3 is 3.04 bits per heavy atom. The van der Waals surface area contributed by atoms with Crippen molar-refractivity contribution in [2.75, 3.05) is 38.7 Å². The molecule has 3 rings (SSSR count). The van der Waals surface area contributed by atoms with Gasteiger partial charge >= 0.3 is 0 Å². The van der Waals surface area contributed by atoms with E-state index in [-0.39, 0.29) is 6.10 Å². The van der Waals surface area contributed by atoms with Gasteiger partial charge in [-0.05, 0) is 18.6 Å². The molecule has 0 aromatic carbocycles. The molecule has 1 unspecified atom stereocenters. The fourth-order valence-corrected chi connectivity index (χ4v) is 3.09. The Balaban J connectivity index is 1.61. The van der Waals surface area contributed by atoms with Crippen LogP contribution in [0.2, 0.25) is 0 Å². The van der Waals surface area contributed by atoms with Gasteiger partial charge in [0.2, 0.25) is 0 Å². The van der Waals surface area contributed by atoms with Crippen LogP contribution in [0, 0.1) is 0 Å². The van der Waals surface area contributed by atoms with Gasteiger partial charge in [0.05, 0.1) is 12.3 Å². The summed E-state index contributed by atoms with van der Waals surface area (Å²) in [5.41, 5.74) is 2.19. The molecule has 2 aromatic heterocycles. The summed E-state index contributed by atoms with van der Waals surface area (Å²) >= 11 is 0. The van der Waals surface area contributed by atoms with E-state index < -0.39 is 0 Å². The zero-order chi connectivity index (χ0) is 17.6. The van der Waals surface area contributed by atoms with E-state index in [1.807, 2.05) is 31.3 Å². The minimum atomic E-state index is 0.0242. The lowest BCUT2D eigenvalue weighted by Gasteiger charge is -2.32. The quantitative estimate of drug-likeness (QED) is 0.838. The fraction of sp³-hybridized carbons (Fsp3) is 0.579. The molecule has 1 atom stereocenters. The molecule has 136 valence electrons. The number of aromatic amines is 1. The van der Waals surface area contributed by atoms with E-state index in [1.54, 1.807) is 0 Å². The molecule has 0 radical (unpaired) electrons. The van der Waals surface area contributed by atoms with Crippen LogP contribution in [0.1, 0.15) is 43.1 Å². The van der Waals surface area contributed by atoms with Gasteiger partial charge in [0, 0.05) is 52.0 Å². The Bertz CT molecular complexity index is 669. The summed E-state index contributed by atoms with van der Waals surface area (Å²) in [6.45, 7) is 5.61. The Morgan fingerprint density at radius 2 is 2.24 bits per heavy atom. The lowest BCUT2D eigenvalue weighted by molar-refractivity contribution is -0.0352. The molecule has 25 heavy (non-hydrogen) atoms. The standard InChI is InChI=1S/C19H29N5O/c1-4-5-8-18-20-12-15(21-18)13-24-10-11-25-17(14-24)16-7-6-9-19(22-16)23(2)3/h6-7,9,12,17H,4-5,8,10-11,13-14H2,1-3H3,(H,20,21). The highest BCUT2D eigenvalue weighted by atomic mass is 16.5. The Morgan fingerprint density at radius 1 is 1.36 bits per heavy atom. The van der Waals surface area contributed by atoms with Gasteiger partial charge in [-0.3, -0.25) is 4.90 Å². The number of nitrogens with one attached hydrogen (secondary N) is 1. The fourth-order valence-electron chi connectivity index (χ4n) is 3.09. The average molecular weight is 343 g/mol. The second-order valence-electron chi connectivity index (χ2n) is 6.87. The number of anilines is 1. The highest BCUT2D eigenvalue weighted by Crippen LogP contribution is 2.23. The number of H-pyrrole nitrogens is 1. The number of nitrogens with zero attached hydrogens (tertiary/aromatic N) is 4. The van der Waals surface area contributed by atoms with Crippen LogP contribution >= 0.6 is 0 Å². The van der Waals surface area contributed by atoms with E-state index in [4.69, 9.17) is 9.72 Å². The highest BCUT2D eigenvalue weighted by Gasteiger charge is 2.23. The number of unbranched alkanes of at least 4 members (excludes halogenated alkanes) is 1. The van der Waals surface area contributed by atoms with E-state index in [1.165, 1.54) is 18.5 Å². The van der Waals surface area contributed by atoms with Crippen LogP contribution in [-0.4, -0.2) is 53.6 Å². The number of imidazole rings is 1. The first kappa shape index (κ1) is 17.9. The van der Waals surface area contributed by atoms with Gasteiger partial charge in [-0.15, -0.1) is 0 Å². The number of morpholine rings is 1. The normalized spacial score (nSPS) is 18.4. The number of pyridine rings is 1. The van der Waals surface area contributed by atoms with Crippen molar-refractivity contribution in [1.82, 2.24) is 19.9 Å². The predicted molar refractivity (Wildman–Crippen MR) is 99.7 cm³/mol. The van der Waals surface area contributed by atoms with Gasteiger partial charge < -0.3 is 14.6 Å². The summed E-state index contributed by atoms with van der Waals surface area (Å²) < 4.78 is 5.98. The molecule has 1 saturated heterocycles. The maximum atomic E-state index is 5.98. The summed E-state index contributed by atoms with van der Waals surface area (Å²) in [6.07, 6.45) is 5.40. The average Bonchev–Trinajstić information content (AvgIpc) is 3.07. The number of aromatic nitrogens is 3. The Labute approximate surface area is 150 Å². The topological polar surface area (TPSA) is 57.3 Å². The molecule has 3 heterocycles. The van der Waals surface area contributed by atoms with Crippen molar-refractivity contribution in [2.45, 2.75) is 38.8 Å². The van der Waals surface area contributed by atoms with Gasteiger partial charge in [0.15, 0.2) is 0 Å². The summed E-state index contributed by atoms with van der Waals surface area (Å²) in [7, 11) is 4.02. The highest BCUT2D eigenvalue weighted by molar-refractivity contribution is 5.37. The second-order valence-corrected chi connectivity index (χ2v) is 6.87. The van der Waals surface area contributed by atoms with E-state index in [0.29, 0.717) is 0 Å². The maximum Gasteiger partial charge on any atom is 0.128 e. The number of hydrogen-bond acceptors (Lipinski definition) is 5. The summed E-state index contributed by atoms with van der Waals surface area (Å²) in [6, 6.07) is 6.13. The molecule has 1 fully saturated rings. The van der Waals surface area contributed by atoms with Crippen LogP contribution in [0.4, 0.5) is 5.82 Å². The number of hydrogen-bond donors (Lipinski definition) is 1. The molecule has 0 aliphatic carbocycles. The van der Waals surface area contributed by atoms with Gasteiger partial charge in [-0.25, -0.2) is 9.97 Å². The van der Waals surface area contributed by atoms with Gasteiger partial charge in [-0.1, -0.05) is 19.4 Å². The second kappa shape index (κ2) is 8.45. The molecule has 0 spiro atoms. The van der Waals surface area contributed by atoms with Gasteiger partial charge in [0.25, 0.3) is 0 Å². The maximum absolute atomic E-state index is 5.98. The van der Waals surface area contributed by atoms with E-state index in [2.05, 4.69) is 33.9 Å². The van der Waals surface area contributed by atoms with Crippen LogP contribution in [-0.2, 0) is 17.7 Å². The smallest absolute Gasteiger partial charge is 0.128 e. The van der Waals surface area contributed by atoms with Crippen molar-refractivity contribution < 1.29 is 4.74 Å². The zero-order valence-electron chi connectivity index (χ0n) is 15.5. The van der Waals surface area contributed by atoms with E-state index in [0.717, 1.165) is 50.0 Å². The van der Waals surface area contributed by atoms with Crippen molar-refractivity contribution in [1.29, 1.82) is 0 Å². The monoisotopic (exact) mass is 343 g/mol. The third kappa shape index (κ3) is 4.80. The molecule has 6 heteroatoms. The summed E-state index contributed by atoms with van der Waals surface area (Å²) in [5.74, 6) is 2.06. The van der Waals surface area contributed by atoms with Crippen molar-refractivity contribution in [3.05, 3.63) is 41.6 Å². The van der Waals surface area contributed by atoms with Crippen LogP contribution in [0.3, 0.4) is 0 Å². The molecule has 0 bridgehead atoms. The number of aryl methyl sites for hydroxylation is 1. The van der Waals surface area contributed by atoms with Crippen LogP contribution in [0.15, 0.2) is 24.4 Å². The van der Waals surface area contributed by atoms with Crippen molar-refractivity contribution in [2.24, 2.45) is 0 Å². The Kier molecular flexibility index (Phi) is 6.04. The predicted octanol–water partition coefficient (Wildman–Crippen LogP) is 2.79. The van der Waals surface area contributed by atoms with Gasteiger partial charge in [-0.2, -0.15) is 0 Å². The molecule has 2 aromatic rings. The first-order valence-corrected chi connectivity index (χ1v) is 9.16. The number of rotatable bonds is 7.